The summed E-state index contributed by atoms with van der Waals surface area (Å²) in [5.74, 6) is -0.618. The number of hydrazine groups is 1. The summed E-state index contributed by atoms with van der Waals surface area (Å²) < 4.78 is 43.4. The molecular formula is C10H13F3N4O2. The minimum Gasteiger partial charge on any atom is -0.379 e. The van der Waals surface area contributed by atoms with Crippen molar-refractivity contribution in [3.63, 3.8) is 0 Å². The fourth-order valence-corrected chi connectivity index (χ4v) is 1.69. The fourth-order valence-electron chi connectivity index (χ4n) is 1.69. The van der Waals surface area contributed by atoms with E-state index in [9.17, 15) is 18.0 Å². The van der Waals surface area contributed by atoms with E-state index in [0.717, 1.165) is 10.7 Å². The number of aryl methyl sites for hydroxylation is 1. The molecule has 0 atom stereocenters. The number of aromatic nitrogens is 2. The van der Waals surface area contributed by atoms with Crippen molar-refractivity contribution in [3.05, 3.63) is 17.5 Å². The molecule has 0 aromatic carbocycles. The van der Waals surface area contributed by atoms with E-state index in [1.54, 1.807) is 5.01 Å². The van der Waals surface area contributed by atoms with Crippen LogP contribution >= 0.6 is 0 Å². The van der Waals surface area contributed by atoms with Gasteiger partial charge in [0.1, 0.15) is 5.69 Å². The van der Waals surface area contributed by atoms with E-state index < -0.39 is 17.8 Å². The number of ether oxygens (including phenoxy) is 1. The van der Waals surface area contributed by atoms with Gasteiger partial charge in [-0.1, -0.05) is 0 Å². The first-order valence-electron chi connectivity index (χ1n) is 5.63. The summed E-state index contributed by atoms with van der Waals surface area (Å²) in [7, 11) is 1.30. The quantitative estimate of drug-likeness (QED) is 0.851. The van der Waals surface area contributed by atoms with Gasteiger partial charge in [-0.3, -0.25) is 14.9 Å². The molecule has 9 heteroatoms. The molecule has 19 heavy (non-hydrogen) atoms. The molecule has 1 aliphatic rings. The summed E-state index contributed by atoms with van der Waals surface area (Å²) >= 11 is 0. The number of hydrogen-bond acceptors (Lipinski definition) is 4. The Morgan fingerprint density at radius 2 is 2.05 bits per heavy atom. The number of carbonyl (C=O) groups is 1. The molecule has 0 bridgehead atoms. The van der Waals surface area contributed by atoms with Gasteiger partial charge in [-0.15, -0.1) is 0 Å². The lowest BCUT2D eigenvalue weighted by atomic mass is 10.3. The zero-order chi connectivity index (χ0) is 14.0. The van der Waals surface area contributed by atoms with Crippen molar-refractivity contribution in [1.82, 2.24) is 20.2 Å². The van der Waals surface area contributed by atoms with Gasteiger partial charge in [-0.05, 0) is 0 Å². The number of hydrogen-bond donors (Lipinski definition) is 1. The van der Waals surface area contributed by atoms with Crippen LogP contribution in [0.1, 0.15) is 16.2 Å². The van der Waals surface area contributed by atoms with Gasteiger partial charge in [-0.25, -0.2) is 5.01 Å². The van der Waals surface area contributed by atoms with Crippen LogP contribution in [-0.4, -0.2) is 47.0 Å². The molecule has 0 radical (unpaired) electrons. The lowest BCUT2D eigenvalue weighted by molar-refractivity contribution is -0.141. The van der Waals surface area contributed by atoms with E-state index in [0.29, 0.717) is 26.3 Å². The van der Waals surface area contributed by atoms with E-state index in [4.69, 9.17) is 4.74 Å². The second kappa shape index (κ2) is 5.17. The lowest BCUT2D eigenvalue weighted by Crippen LogP contribution is -2.48. The molecule has 0 aliphatic carbocycles. The first-order valence-corrected chi connectivity index (χ1v) is 5.63. The Bertz CT molecular complexity index is 466. The van der Waals surface area contributed by atoms with Gasteiger partial charge in [0.05, 0.1) is 13.2 Å². The molecule has 1 aliphatic heterocycles. The molecule has 0 unspecified atom stereocenters. The minimum atomic E-state index is -4.56. The smallest absolute Gasteiger partial charge is 0.379 e. The Hall–Kier alpha value is -1.61. The van der Waals surface area contributed by atoms with Crippen LogP contribution in [0.15, 0.2) is 6.07 Å². The molecule has 1 aromatic heterocycles. The average molecular weight is 278 g/mol. The number of rotatable bonds is 2. The molecule has 1 N–H and O–H groups in total. The van der Waals surface area contributed by atoms with E-state index >= 15 is 0 Å². The van der Waals surface area contributed by atoms with Crippen LogP contribution in [0, 0.1) is 0 Å². The van der Waals surface area contributed by atoms with Crippen LogP contribution in [0.4, 0.5) is 13.2 Å². The monoisotopic (exact) mass is 278 g/mol. The average Bonchev–Trinajstić information content (AvgIpc) is 2.72. The van der Waals surface area contributed by atoms with Crippen molar-refractivity contribution < 1.29 is 22.7 Å². The molecule has 1 amide bonds. The summed E-state index contributed by atoms with van der Waals surface area (Å²) in [5, 5.41) is 4.89. The Morgan fingerprint density at radius 1 is 1.42 bits per heavy atom. The van der Waals surface area contributed by atoms with Crippen LogP contribution in [0.25, 0.3) is 0 Å². The molecule has 0 spiro atoms. The van der Waals surface area contributed by atoms with Crippen LogP contribution in [0.5, 0.6) is 0 Å². The third kappa shape index (κ3) is 3.24. The van der Waals surface area contributed by atoms with Crippen molar-refractivity contribution in [2.24, 2.45) is 7.05 Å². The van der Waals surface area contributed by atoms with Crippen molar-refractivity contribution >= 4 is 5.91 Å². The highest BCUT2D eigenvalue weighted by atomic mass is 19.4. The molecule has 1 aromatic rings. The van der Waals surface area contributed by atoms with Crippen LogP contribution < -0.4 is 5.43 Å². The van der Waals surface area contributed by atoms with Gasteiger partial charge in [0, 0.05) is 26.2 Å². The lowest BCUT2D eigenvalue weighted by Gasteiger charge is -2.26. The SMILES string of the molecule is Cn1nc(C(F)(F)F)cc1C(=O)NN1CCOCC1. The number of nitrogens with zero attached hydrogens (tertiary/aromatic N) is 3. The summed E-state index contributed by atoms with van der Waals surface area (Å²) in [6, 6.07) is 0.732. The first kappa shape index (κ1) is 13.8. The molecule has 1 saturated heterocycles. The zero-order valence-electron chi connectivity index (χ0n) is 10.2. The van der Waals surface area contributed by atoms with Crippen LogP contribution in [-0.2, 0) is 18.0 Å². The predicted molar refractivity (Wildman–Crippen MR) is 58.1 cm³/mol. The summed E-state index contributed by atoms with van der Waals surface area (Å²) in [5.41, 5.74) is 1.31. The highest BCUT2D eigenvalue weighted by Crippen LogP contribution is 2.28. The van der Waals surface area contributed by atoms with Crippen molar-refractivity contribution in [2.45, 2.75) is 6.18 Å². The van der Waals surface area contributed by atoms with Crippen molar-refractivity contribution in [3.8, 4) is 0 Å². The topological polar surface area (TPSA) is 59.4 Å². The van der Waals surface area contributed by atoms with Crippen LogP contribution in [0.2, 0.25) is 0 Å². The summed E-state index contributed by atoms with van der Waals surface area (Å²) in [4.78, 5) is 11.9. The predicted octanol–water partition coefficient (Wildman–Crippen LogP) is 0.416. The van der Waals surface area contributed by atoms with Crippen molar-refractivity contribution in [2.75, 3.05) is 26.3 Å². The normalized spacial score (nSPS) is 17.5. The number of halogens is 3. The Labute approximate surface area is 107 Å². The van der Waals surface area contributed by atoms with Gasteiger partial charge >= 0.3 is 6.18 Å². The van der Waals surface area contributed by atoms with Gasteiger partial charge in [0.15, 0.2) is 5.69 Å². The molecular weight excluding hydrogens is 265 g/mol. The summed E-state index contributed by atoms with van der Waals surface area (Å²) in [6.07, 6.45) is -4.56. The Balaban J connectivity index is 2.08. The molecule has 6 nitrogen and oxygen atoms in total. The van der Waals surface area contributed by atoms with E-state index in [2.05, 4.69) is 10.5 Å². The standard InChI is InChI=1S/C10H13F3N4O2/c1-16-7(6-8(14-16)10(11,12)13)9(18)15-17-2-4-19-5-3-17/h6H,2-5H2,1H3,(H,15,18). The Morgan fingerprint density at radius 3 is 2.58 bits per heavy atom. The largest absolute Gasteiger partial charge is 0.435 e. The number of morpholine rings is 1. The number of alkyl halides is 3. The van der Waals surface area contributed by atoms with Crippen molar-refractivity contribution in [1.29, 1.82) is 0 Å². The maximum absolute atomic E-state index is 12.5. The molecule has 2 heterocycles. The third-order valence-electron chi connectivity index (χ3n) is 2.67. The maximum atomic E-state index is 12.5. The fraction of sp³-hybridized carbons (Fsp3) is 0.600. The van der Waals surface area contributed by atoms with E-state index in [1.807, 2.05) is 0 Å². The maximum Gasteiger partial charge on any atom is 0.435 e. The molecule has 2 rings (SSSR count). The van der Waals surface area contributed by atoms with Gasteiger partial charge in [-0.2, -0.15) is 18.3 Å². The minimum absolute atomic E-state index is 0.140. The van der Waals surface area contributed by atoms with Gasteiger partial charge < -0.3 is 4.74 Å². The second-order valence-electron chi connectivity index (χ2n) is 4.08. The molecule has 0 saturated carbocycles. The number of amides is 1. The van der Waals surface area contributed by atoms with E-state index in [-0.39, 0.29) is 5.69 Å². The number of carbonyl (C=O) groups excluding carboxylic acids is 1. The summed E-state index contributed by atoms with van der Waals surface area (Å²) in [6.45, 7) is 1.93. The van der Waals surface area contributed by atoms with E-state index in [1.165, 1.54) is 7.05 Å². The highest BCUT2D eigenvalue weighted by Gasteiger charge is 2.35. The highest BCUT2D eigenvalue weighted by molar-refractivity contribution is 5.92. The van der Waals surface area contributed by atoms with Gasteiger partial charge in [0.25, 0.3) is 5.91 Å². The Kier molecular flexibility index (Phi) is 3.76. The third-order valence-corrected chi connectivity index (χ3v) is 2.67. The van der Waals surface area contributed by atoms with Crippen LogP contribution in [0.3, 0.4) is 0 Å². The first-order chi connectivity index (χ1) is 8.88. The van der Waals surface area contributed by atoms with Gasteiger partial charge in [0.2, 0.25) is 0 Å². The molecule has 1 fully saturated rings. The second-order valence-corrected chi connectivity index (χ2v) is 4.08. The molecule has 106 valence electrons. The zero-order valence-corrected chi connectivity index (χ0v) is 10.2. The number of nitrogens with one attached hydrogen (secondary N) is 1.